The van der Waals surface area contributed by atoms with Crippen LogP contribution in [0.5, 0.6) is 0 Å². The van der Waals surface area contributed by atoms with Crippen molar-refractivity contribution in [1.29, 1.82) is 0 Å². The molecule has 3 saturated heterocycles. The van der Waals surface area contributed by atoms with E-state index in [0.29, 0.717) is 19.4 Å². The Morgan fingerprint density at radius 3 is 2.19 bits per heavy atom. The monoisotopic (exact) mass is 841 g/mol. The molecular formula is C42H77LiN2O14. The van der Waals surface area contributed by atoms with Crippen LogP contribution in [0.15, 0.2) is 0 Å². The summed E-state index contributed by atoms with van der Waals surface area (Å²) in [5, 5.41) is 70.1. The van der Waals surface area contributed by atoms with Gasteiger partial charge in [0.2, 0.25) is 0 Å². The van der Waals surface area contributed by atoms with E-state index in [1.165, 1.54) is 14.0 Å². The van der Waals surface area contributed by atoms with Crippen molar-refractivity contribution in [2.75, 3.05) is 27.7 Å². The van der Waals surface area contributed by atoms with Crippen LogP contribution in [0, 0.1) is 17.8 Å². The first-order valence-corrected chi connectivity index (χ1v) is 21.2. The van der Waals surface area contributed by atoms with Crippen molar-refractivity contribution < 1.29 is 87.5 Å². The number of hydrogen-bond acceptors (Lipinski definition) is 16. The fourth-order valence-electron chi connectivity index (χ4n) is 9.48. The summed E-state index contributed by atoms with van der Waals surface area (Å²) in [6, 6.07) is -1.30. The number of methoxy groups -OCH3 is 1. The van der Waals surface area contributed by atoms with Gasteiger partial charge in [-0.1, -0.05) is 20.8 Å². The van der Waals surface area contributed by atoms with E-state index in [9.17, 15) is 40.2 Å². The molecule has 0 aromatic heterocycles. The number of ether oxygens (including phenoxy) is 6. The number of likely N-dealkylation sites (N-methyl/N-ethyl adjacent to an activating group) is 2. The van der Waals surface area contributed by atoms with Crippen LogP contribution in [0.4, 0.5) is 0 Å². The van der Waals surface area contributed by atoms with Gasteiger partial charge in [0.1, 0.15) is 30.0 Å². The molecule has 3 aliphatic rings. The molecule has 17 heteroatoms. The Bertz CT molecular complexity index is 1330. The maximum atomic E-state index is 14.3. The Labute approximate surface area is 364 Å². The second kappa shape index (κ2) is 22.1. The number of carbonyl (C=O) groups is 2. The number of aliphatic hydroxyl groups is 5. The fraction of sp³-hybridized carbons (Fsp3) is 0.952. The number of aliphatic hydroxyl groups excluding tert-OH is 3. The van der Waals surface area contributed by atoms with Crippen molar-refractivity contribution in [2.45, 2.75) is 211 Å². The summed E-state index contributed by atoms with van der Waals surface area (Å²) in [5.41, 5.74) is -4.54. The van der Waals surface area contributed by atoms with Crippen LogP contribution in [-0.4, -0.2) is 171 Å². The Hall–Kier alpha value is -0.943. The first-order chi connectivity index (χ1) is 26.7. The van der Waals surface area contributed by atoms with Gasteiger partial charge in [0.15, 0.2) is 12.6 Å². The molecule has 3 rings (SSSR count). The molecule has 59 heavy (non-hydrogen) atoms. The molecule has 0 saturated carbocycles. The van der Waals surface area contributed by atoms with E-state index in [1.807, 2.05) is 44.7 Å². The van der Waals surface area contributed by atoms with Crippen LogP contribution in [0.1, 0.15) is 115 Å². The van der Waals surface area contributed by atoms with Crippen molar-refractivity contribution in [1.82, 2.24) is 9.80 Å². The van der Waals surface area contributed by atoms with E-state index in [2.05, 4.69) is 0 Å². The van der Waals surface area contributed by atoms with Gasteiger partial charge in [0.05, 0.1) is 41.5 Å². The predicted octanol–water partition coefficient (Wildman–Crippen LogP) is -1.81. The molecule has 19 atom stereocenters. The molecule has 0 aromatic rings. The number of esters is 1. The minimum absolute atomic E-state index is 0. The molecule has 5 N–H and O–H groups in total. The first-order valence-electron chi connectivity index (χ1n) is 21.2. The number of aliphatic carboxylic acids is 1. The van der Waals surface area contributed by atoms with E-state index in [0.717, 1.165) is 0 Å². The third-order valence-corrected chi connectivity index (χ3v) is 13.5. The van der Waals surface area contributed by atoms with Gasteiger partial charge in [0, 0.05) is 50.1 Å². The summed E-state index contributed by atoms with van der Waals surface area (Å²) in [6.07, 6.45) is -9.17. The fourth-order valence-corrected chi connectivity index (χ4v) is 9.48. The molecule has 3 heterocycles. The summed E-state index contributed by atoms with van der Waals surface area (Å²) >= 11 is 0. The average Bonchev–Trinajstić information content (AvgIpc) is 3.14. The minimum Gasteiger partial charge on any atom is -0.550 e. The third kappa shape index (κ3) is 13.1. The Balaban J connectivity index is 0.0000120. The smallest absolute Gasteiger partial charge is 0.550 e. The van der Waals surface area contributed by atoms with Gasteiger partial charge in [0.25, 0.3) is 0 Å². The topological polar surface area (TPSA) is 220 Å². The number of rotatable bonds is 11. The summed E-state index contributed by atoms with van der Waals surface area (Å²) in [7, 11) is 5.12. The Morgan fingerprint density at radius 1 is 1.02 bits per heavy atom. The van der Waals surface area contributed by atoms with Crippen LogP contribution in [-0.2, 0) is 38.0 Å². The molecule has 3 aliphatic heterocycles. The van der Waals surface area contributed by atoms with Gasteiger partial charge in [-0.15, -0.1) is 0 Å². The number of cyclic esters (lactones) is 1. The summed E-state index contributed by atoms with van der Waals surface area (Å²) in [6.45, 7) is 19.6. The van der Waals surface area contributed by atoms with Crippen LogP contribution in [0.3, 0.4) is 0 Å². The standard InChI is InChI=1S/C42H78N2O14.Li/c1-15-30-42(11,52)35(48)27(7)43(12)21-22(2)19-40(9,51)37(58-39-33(47)29(18-24(4)54-39)44(13)23(3)16-17-31(45)46)25(5)34(26(6)38(50)56-30)57-32-20-41(10,53-14)36(49)28(8)55-32;/h22-30,32-37,39,47-49,51-52H,15-21H2,1-14H3,(H,45,46);/q;+1/p-1. The van der Waals surface area contributed by atoms with Gasteiger partial charge in [-0.2, -0.15) is 0 Å². The average molecular weight is 841 g/mol. The minimum atomic E-state index is -1.84. The zero-order chi connectivity index (χ0) is 44.2. The molecular weight excluding hydrogens is 763 g/mol. The van der Waals surface area contributed by atoms with Crippen molar-refractivity contribution in [3.8, 4) is 0 Å². The summed E-state index contributed by atoms with van der Waals surface area (Å²) in [4.78, 5) is 29.4. The van der Waals surface area contributed by atoms with Crippen molar-refractivity contribution in [3.05, 3.63) is 0 Å². The van der Waals surface area contributed by atoms with Gasteiger partial charge in [-0.05, 0) is 108 Å². The molecule has 340 valence electrons. The molecule has 16 nitrogen and oxygen atoms in total. The zero-order valence-electron chi connectivity index (χ0n) is 38.5. The van der Waals surface area contributed by atoms with Crippen LogP contribution >= 0.6 is 0 Å². The molecule has 0 aliphatic carbocycles. The summed E-state index contributed by atoms with van der Waals surface area (Å²) < 4.78 is 37.7. The maximum Gasteiger partial charge on any atom is 1.00 e. The van der Waals surface area contributed by atoms with Crippen LogP contribution in [0.25, 0.3) is 0 Å². The number of carboxylic acids is 1. The van der Waals surface area contributed by atoms with Gasteiger partial charge < -0.3 is 68.8 Å². The second-order valence-corrected chi connectivity index (χ2v) is 18.6. The molecule has 0 spiro atoms. The van der Waals surface area contributed by atoms with E-state index < -0.39 is 114 Å². The largest absolute Gasteiger partial charge is 1.00 e. The van der Waals surface area contributed by atoms with Crippen molar-refractivity contribution >= 4 is 11.9 Å². The summed E-state index contributed by atoms with van der Waals surface area (Å²) in [5.74, 6) is -3.99. The van der Waals surface area contributed by atoms with E-state index >= 15 is 0 Å². The maximum absolute atomic E-state index is 14.3. The number of carbonyl (C=O) groups excluding carboxylic acids is 2. The normalized spacial score (nSPS) is 45.4. The molecule has 0 bridgehead atoms. The molecule has 0 aromatic carbocycles. The molecule has 3 fully saturated rings. The molecule has 0 radical (unpaired) electrons. The first kappa shape index (κ1) is 54.2. The van der Waals surface area contributed by atoms with E-state index in [1.54, 1.807) is 48.5 Å². The molecule has 0 amide bonds. The number of carboxylic acid groups (broad SMARTS) is 1. The number of hydrogen-bond donors (Lipinski definition) is 5. The predicted molar refractivity (Wildman–Crippen MR) is 212 cm³/mol. The van der Waals surface area contributed by atoms with Crippen LogP contribution in [0.2, 0.25) is 0 Å². The Morgan fingerprint density at radius 2 is 1.63 bits per heavy atom. The van der Waals surface area contributed by atoms with Gasteiger partial charge >= 0.3 is 24.8 Å². The van der Waals surface area contributed by atoms with Crippen molar-refractivity contribution in [2.24, 2.45) is 17.8 Å². The molecule has 19 unspecified atom stereocenters. The number of nitrogens with zero attached hydrogens (tertiary/aromatic N) is 2. The van der Waals surface area contributed by atoms with Gasteiger partial charge in [-0.25, -0.2) is 0 Å². The third-order valence-electron chi connectivity index (χ3n) is 13.5. The van der Waals surface area contributed by atoms with E-state index in [-0.39, 0.29) is 56.5 Å². The van der Waals surface area contributed by atoms with Gasteiger partial charge in [-0.3, -0.25) is 9.69 Å². The van der Waals surface area contributed by atoms with Crippen LogP contribution < -0.4 is 24.0 Å². The second-order valence-electron chi connectivity index (χ2n) is 18.6. The SMILES string of the molecule is CCC1OC(=O)C(C)C(OC2CC(C)(OC)C(O)C(C)O2)C(C)C(OC2OC(C)CC(N(C)C(C)CCC(=O)[O-])C2O)C(C)(O)CC(C)CN(C)C(C)C(O)C1(C)O.[Li+]. The van der Waals surface area contributed by atoms with E-state index in [4.69, 9.17) is 28.4 Å². The zero-order valence-corrected chi connectivity index (χ0v) is 38.5. The Kier molecular flexibility index (Phi) is 20.3. The van der Waals surface area contributed by atoms with Crippen molar-refractivity contribution in [3.63, 3.8) is 0 Å². The quantitative estimate of drug-likeness (QED) is 0.114.